The van der Waals surface area contributed by atoms with E-state index in [9.17, 15) is 22.4 Å². The zero-order valence-electron chi connectivity index (χ0n) is 22.7. The van der Waals surface area contributed by atoms with Gasteiger partial charge in [0.1, 0.15) is 11.6 Å². The van der Waals surface area contributed by atoms with Crippen molar-refractivity contribution < 1.29 is 27.5 Å². The first kappa shape index (κ1) is 28.4. The van der Waals surface area contributed by atoms with Crippen molar-refractivity contribution in [2.24, 2.45) is 5.41 Å². The molecular weight excluding hydrogens is 524 g/mol. The number of aliphatic carboxylic acids is 1. The van der Waals surface area contributed by atoms with Crippen LogP contribution in [0.25, 0.3) is 10.9 Å². The van der Waals surface area contributed by atoms with Crippen molar-refractivity contribution in [1.82, 2.24) is 14.8 Å². The van der Waals surface area contributed by atoms with Crippen LogP contribution in [-0.4, -0.2) is 77.6 Å². The Bertz CT molecular complexity index is 1330. The van der Waals surface area contributed by atoms with E-state index in [-0.39, 0.29) is 24.5 Å². The zero-order chi connectivity index (χ0) is 28.4. The minimum atomic E-state index is -2.27. The molecule has 0 amide bonds. The van der Waals surface area contributed by atoms with Crippen LogP contribution in [0, 0.1) is 17.0 Å². The first-order valence-corrected chi connectivity index (χ1v) is 13.9. The quantitative estimate of drug-likeness (QED) is 0.403. The standard InChI is InChI=1S/C16H20F2N2O2.C14H16F2N2/c17-12-6-13(18)8-14(7-12)20-5-3-16(11-20)2-1-4-19(10-16)9-15(21)22;1-9-6-11-10-4-2-3-5-12(10)17-13(11)7-18(9)8-14(15)16/h6-8H,1-5,9-11H2,(H,21,22);2-5,9,14,17H,6-8H2,1H3. The molecule has 2 aromatic carbocycles. The number of carbonyl (C=O) groups is 1. The summed E-state index contributed by atoms with van der Waals surface area (Å²) in [5, 5.41) is 10.2. The average molecular weight is 561 g/mol. The Hall–Kier alpha value is -3.11. The van der Waals surface area contributed by atoms with E-state index in [4.69, 9.17) is 5.11 Å². The molecule has 1 spiro atoms. The summed E-state index contributed by atoms with van der Waals surface area (Å²) in [6.45, 7) is 5.57. The molecule has 4 heterocycles. The van der Waals surface area contributed by atoms with E-state index < -0.39 is 24.0 Å². The highest BCUT2D eigenvalue weighted by Gasteiger charge is 2.41. The number of para-hydroxylation sites is 1. The molecule has 2 saturated heterocycles. The summed E-state index contributed by atoms with van der Waals surface area (Å²) in [5.41, 5.74) is 4.10. The van der Waals surface area contributed by atoms with Crippen molar-refractivity contribution >= 4 is 22.6 Å². The normalized spacial score (nSPS) is 23.4. The summed E-state index contributed by atoms with van der Waals surface area (Å²) in [6, 6.07) is 11.9. The van der Waals surface area contributed by atoms with E-state index in [0.717, 1.165) is 69.1 Å². The van der Waals surface area contributed by atoms with E-state index >= 15 is 0 Å². The fraction of sp³-hybridized carbons (Fsp3) is 0.500. The van der Waals surface area contributed by atoms with Gasteiger partial charge in [-0.2, -0.15) is 0 Å². The summed E-state index contributed by atoms with van der Waals surface area (Å²) >= 11 is 0. The van der Waals surface area contributed by atoms with Gasteiger partial charge >= 0.3 is 5.97 Å². The number of nitrogens with zero attached hydrogens (tertiary/aromatic N) is 3. The molecule has 2 unspecified atom stereocenters. The molecule has 0 bridgehead atoms. The molecule has 2 N–H and O–H groups in total. The number of hydrogen-bond donors (Lipinski definition) is 2. The van der Waals surface area contributed by atoms with Gasteiger partial charge in [0, 0.05) is 66.0 Å². The van der Waals surface area contributed by atoms with Crippen LogP contribution in [0.1, 0.15) is 37.4 Å². The Morgan fingerprint density at radius 1 is 1.10 bits per heavy atom. The van der Waals surface area contributed by atoms with Crippen LogP contribution >= 0.6 is 0 Å². The molecule has 3 aromatic rings. The van der Waals surface area contributed by atoms with Gasteiger partial charge in [0.05, 0.1) is 13.1 Å². The number of carboxylic acids is 1. The fourth-order valence-corrected chi connectivity index (χ4v) is 6.68. The van der Waals surface area contributed by atoms with Gasteiger partial charge in [0.15, 0.2) is 0 Å². The number of carboxylic acid groups (broad SMARTS) is 1. The number of alkyl halides is 2. The topological polar surface area (TPSA) is 62.8 Å². The number of hydrogen-bond acceptors (Lipinski definition) is 4. The number of piperidine rings is 1. The minimum Gasteiger partial charge on any atom is -0.480 e. The minimum absolute atomic E-state index is 0.0382. The Morgan fingerprint density at radius 2 is 1.85 bits per heavy atom. The van der Waals surface area contributed by atoms with Crippen molar-refractivity contribution in [3.8, 4) is 0 Å². The Labute approximate surface area is 231 Å². The van der Waals surface area contributed by atoms with E-state index in [1.54, 1.807) is 0 Å². The predicted octanol–water partition coefficient (Wildman–Crippen LogP) is 5.52. The molecule has 40 heavy (non-hydrogen) atoms. The number of nitrogens with one attached hydrogen (secondary N) is 1. The molecule has 6 nitrogen and oxygen atoms in total. The van der Waals surface area contributed by atoms with Crippen LogP contribution in [-0.2, 0) is 17.8 Å². The van der Waals surface area contributed by atoms with Crippen molar-refractivity contribution in [2.75, 3.05) is 44.2 Å². The SMILES string of the molecule is CC1Cc2c([nH]c3ccccc23)CN1CC(F)F.O=C(O)CN1CCCC2(CCN(c3cc(F)cc(F)c3)C2)C1. The molecule has 0 saturated carbocycles. The van der Waals surface area contributed by atoms with Crippen LogP contribution in [0.4, 0.5) is 23.2 Å². The van der Waals surface area contributed by atoms with E-state index in [1.165, 1.54) is 23.1 Å². The second-order valence-electron chi connectivity index (χ2n) is 11.5. The maximum Gasteiger partial charge on any atom is 0.317 e. The molecule has 3 aliphatic heterocycles. The van der Waals surface area contributed by atoms with Crippen LogP contribution in [0.5, 0.6) is 0 Å². The number of aromatic amines is 1. The summed E-state index contributed by atoms with van der Waals surface area (Å²) in [6.07, 6.45) is 1.52. The number of halogens is 4. The number of rotatable bonds is 5. The zero-order valence-corrected chi connectivity index (χ0v) is 22.7. The van der Waals surface area contributed by atoms with Crippen LogP contribution in [0.2, 0.25) is 0 Å². The van der Waals surface area contributed by atoms with Crippen molar-refractivity contribution in [2.45, 2.75) is 51.6 Å². The van der Waals surface area contributed by atoms with Gasteiger partial charge in [-0.1, -0.05) is 18.2 Å². The molecule has 2 atom stereocenters. The summed E-state index contributed by atoms with van der Waals surface area (Å²) < 4.78 is 51.8. The van der Waals surface area contributed by atoms with Crippen molar-refractivity contribution in [3.05, 3.63) is 65.4 Å². The molecule has 216 valence electrons. The fourth-order valence-electron chi connectivity index (χ4n) is 6.68. The summed E-state index contributed by atoms with van der Waals surface area (Å²) in [5.74, 6) is -1.93. The van der Waals surface area contributed by atoms with E-state index in [1.807, 2.05) is 39.8 Å². The molecule has 0 radical (unpaired) electrons. The largest absolute Gasteiger partial charge is 0.480 e. The van der Waals surface area contributed by atoms with Gasteiger partial charge in [-0.15, -0.1) is 0 Å². The summed E-state index contributed by atoms with van der Waals surface area (Å²) in [4.78, 5) is 20.1. The number of H-pyrrole nitrogens is 1. The third kappa shape index (κ3) is 6.44. The highest BCUT2D eigenvalue weighted by atomic mass is 19.3. The Balaban J connectivity index is 0.000000164. The van der Waals surface area contributed by atoms with Crippen molar-refractivity contribution in [1.29, 1.82) is 0 Å². The number of aromatic nitrogens is 1. The molecule has 2 fully saturated rings. The first-order valence-electron chi connectivity index (χ1n) is 13.9. The lowest BCUT2D eigenvalue weighted by Crippen LogP contribution is -2.46. The lowest BCUT2D eigenvalue weighted by Gasteiger charge is -2.39. The van der Waals surface area contributed by atoms with Gasteiger partial charge in [0.25, 0.3) is 6.43 Å². The highest BCUT2D eigenvalue weighted by molar-refractivity contribution is 5.84. The summed E-state index contributed by atoms with van der Waals surface area (Å²) in [7, 11) is 0. The van der Waals surface area contributed by atoms with Gasteiger partial charge < -0.3 is 15.0 Å². The molecule has 6 rings (SSSR count). The molecule has 0 aliphatic carbocycles. The van der Waals surface area contributed by atoms with Gasteiger partial charge in [-0.25, -0.2) is 17.6 Å². The third-order valence-corrected chi connectivity index (χ3v) is 8.51. The second-order valence-corrected chi connectivity index (χ2v) is 11.5. The van der Waals surface area contributed by atoms with E-state index in [0.29, 0.717) is 12.2 Å². The average Bonchev–Trinajstić information content (AvgIpc) is 3.44. The number of benzene rings is 2. The molecular formula is C30H36F4N4O2. The highest BCUT2D eigenvalue weighted by Crippen LogP contribution is 2.40. The Morgan fingerprint density at radius 3 is 2.58 bits per heavy atom. The number of anilines is 1. The van der Waals surface area contributed by atoms with Crippen LogP contribution in [0.15, 0.2) is 42.5 Å². The third-order valence-electron chi connectivity index (χ3n) is 8.51. The lowest BCUT2D eigenvalue weighted by atomic mass is 9.79. The van der Waals surface area contributed by atoms with Gasteiger partial charge in [-0.05, 0) is 62.9 Å². The molecule has 3 aliphatic rings. The number of likely N-dealkylation sites (tertiary alicyclic amines) is 1. The lowest BCUT2D eigenvalue weighted by molar-refractivity contribution is -0.139. The Kier molecular flexibility index (Phi) is 8.37. The van der Waals surface area contributed by atoms with Crippen LogP contribution in [0.3, 0.4) is 0 Å². The maximum atomic E-state index is 13.4. The number of fused-ring (bicyclic) bond motifs is 3. The second kappa shape index (κ2) is 11.8. The first-order chi connectivity index (χ1) is 19.1. The smallest absolute Gasteiger partial charge is 0.317 e. The van der Waals surface area contributed by atoms with Crippen LogP contribution < -0.4 is 4.90 Å². The van der Waals surface area contributed by atoms with E-state index in [2.05, 4.69) is 11.1 Å². The molecule has 1 aromatic heterocycles. The monoisotopic (exact) mass is 560 g/mol. The van der Waals surface area contributed by atoms with Crippen molar-refractivity contribution in [3.63, 3.8) is 0 Å². The predicted molar refractivity (Wildman–Crippen MR) is 147 cm³/mol. The molecule has 10 heteroatoms. The van der Waals surface area contributed by atoms with Gasteiger partial charge in [-0.3, -0.25) is 14.6 Å². The van der Waals surface area contributed by atoms with Gasteiger partial charge in [0.2, 0.25) is 0 Å². The maximum absolute atomic E-state index is 13.4.